The van der Waals surface area contributed by atoms with Crippen LogP contribution in [0.15, 0.2) is 76.2 Å². The molecule has 0 saturated heterocycles. The van der Waals surface area contributed by atoms with Crippen molar-refractivity contribution in [1.29, 1.82) is 0 Å². The number of carbonyl (C=O) groups is 1. The van der Waals surface area contributed by atoms with Gasteiger partial charge in [0.15, 0.2) is 5.60 Å². The van der Waals surface area contributed by atoms with Crippen molar-refractivity contribution < 1.29 is 18.7 Å². The van der Waals surface area contributed by atoms with E-state index in [0.717, 1.165) is 5.56 Å². The molecule has 2 atom stereocenters. The van der Waals surface area contributed by atoms with Gasteiger partial charge in [-0.15, -0.1) is 0 Å². The van der Waals surface area contributed by atoms with Gasteiger partial charge in [-0.3, -0.25) is 4.79 Å². The van der Waals surface area contributed by atoms with E-state index in [1.807, 2.05) is 37.3 Å². The van der Waals surface area contributed by atoms with E-state index in [4.69, 9.17) is 8.83 Å². The first kappa shape index (κ1) is 17.0. The Balaban J connectivity index is 1.79. The Labute approximate surface area is 146 Å². The van der Waals surface area contributed by atoms with E-state index < -0.39 is 5.60 Å². The van der Waals surface area contributed by atoms with Gasteiger partial charge in [0.05, 0.1) is 31.3 Å². The van der Waals surface area contributed by atoms with Gasteiger partial charge in [-0.05, 0) is 30.2 Å². The van der Waals surface area contributed by atoms with Crippen LogP contribution in [0.3, 0.4) is 0 Å². The van der Waals surface area contributed by atoms with Crippen LogP contribution in [0.1, 0.15) is 36.1 Å². The van der Waals surface area contributed by atoms with Crippen molar-refractivity contribution >= 4 is 5.91 Å². The number of rotatable bonds is 7. The van der Waals surface area contributed by atoms with Crippen LogP contribution < -0.4 is 5.32 Å². The lowest BCUT2D eigenvalue weighted by atomic mass is 9.92. The van der Waals surface area contributed by atoms with Gasteiger partial charge < -0.3 is 19.3 Å². The predicted octanol–water partition coefficient (Wildman–Crippen LogP) is 3.42. The van der Waals surface area contributed by atoms with Crippen molar-refractivity contribution in [2.24, 2.45) is 0 Å². The van der Waals surface area contributed by atoms with Gasteiger partial charge >= 0.3 is 0 Å². The maximum atomic E-state index is 12.7. The minimum absolute atomic E-state index is 0.0117. The molecule has 0 aliphatic rings. The van der Waals surface area contributed by atoms with Crippen LogP contribution in [-0.2, 0) is 10.4 Å². The number of hydrogen-bond acceptors (Lipinski definition) is 4. The Morgan fingerprint density at radius 1 is 1.16 bits per heavy atom. The molecule has 25 heavy (non-hydrogen) atoms. The quantitative estimate of drug-likeness (QED) is 0.691. The first-order chi connectivity index (χ1) is 12.1. The Hall–Kier alpha value is -2.79. The molecule has 0 aliphatic heterocycles. The molecule has 2 N–H and O–H groups in total. The average molecular weight is 339 g/mol. The van der Waals surface area contributed by atoms with E-state index >= 15 is 0 Å². The summed E-state index contributed by atoms with van der Waals surface area (Å²) in [6.07, 6.45) is 5.08. The van der Waals surface area contributed by atoms with E-state index in [9.17, 15) is 9.90 Å². The lowest BCUT2D eigenvalue weighted by molar-refractivity contribution is -0.123. The summed E-state index contributed by atoms with van der Waals surface area (Å²) in [5.41, 5.74) is -0.0101. The average Bonchev–Trinajstić information content (AvgIpc) is 3.35. The highest BCUT2D eigenvalue weighted by molar-refractivity contribution is 5.83. The summed E-state index contributed by atoms with van der Waals surface area (Å²) >= 11 is 0. The standard InChI is InChI=1S/C20H21NO4/c1-2-17(15-7-4-3-5-8-15)19(22)21-14-20(23,16-10-12-24-13-16)18-9-6-11-25-18/h3-13,17,23H,2,14H2,1H3,(H,21,22)/t17-,20+/m0/s1. The van der Waals surface area contributed by atoms with Crippen molar-refractivity contribution in [3.05, 3.63) is 84.2 Å². The third kappa shape index (κ3) is 3.51. The normalized spacial score (nSPS) is 14.6. The second kappa shape index (κ2) is 7.40. The maximum absolute atomic E-state index is 12.7. The minimum atomic E-state index is -1.48. The summed E-state index contributed by atoms with van der Waals surface area (Å²) in [7, 11) is 0. The van der Waals surface area contributed by atoms with E-state index in [1.54, 1.807) is 18.2 Å². The number of benzene rings is 1. The molecule has 0 aliphatic carbocycles. The number of amides is 1. The largest absolute Gasteiger partial charge is 0.472 e. The van der Waals surface area contributed by atoms with Gasteiger partial charge in [-0.25, -0.2) is 0 Å². The molecule has 3 rings (SSSR count). The molecule has 5 heteroatoms. The number of furan rings is 2. The molecule has 0 saturated carbocycles. The number of hydrogen-bond donors (Lipinski definition) is 2. The van der Waals surface area contributed by atoms with Gasteiger partial charge in [0, 0.05) is 5.56 Å². The fourth-order valence-electron chi connectivity index (χ4n) is 2.94. The highest BCUT2D eigenvalue weighted by atomic mass is 16.4. The first-order valence-electron chi connectivity index (χ1n) is 8.27. The van der Waals surface area contributed by atoms with Crippen LogP contribution in [0.25, 0.3) is 0 Å². The second-order valence-electron chi connectivity index (χ2n) is 5.94. The maximum Gasteiger partial charge on any atom is 0.227 e. The zero-order valence-electron chi connectivity index (χ0n) is 14.0. The fraction of sp³-hybridized carbons (Fsp3) is 0.250. The van der Waals surface area contributed by atoms with E-state index in [0.29, 0.717) is 17.7 Å². The van der Waals surface area contributed by atoms with Gasteiger partial charge in [-0.2, -0.15) is 0 Å². The molecule has 1 amide bonds. The van der Waals surface area contributed by atoms with Crippen LogP contribution in [0.5, 0.6) is 0 Å². The lowest BCUT2D eigenvalue weighted by Gasteiger charge is -2.26. The number of carbonyl (C=O) groups excluding carboxylic acids is 1. The van der Waals surface area contributed by atoms with Crippen molar-refractivity contribution in [1.82, 2.24) is 5.32 Å². The van der Waals surface area contributed by atoms with Gasteiger partial charge in [-0.1, -0.05) is 37.3 Å². The zero-order chi connectivity index (χ0) is 17.7. The lowest BCUT2D eigenvalue weighted by Crippen LogP contribution is -2.42. The zero-order valence-corrected chi connectivity index (χ0v) is 14.0. The Bertz CT molecular complexity index is 744. The molecule has 3 aromatic rings. The molecule has 130 valence electrons. The van der Waals surface area contributed by atoms with E-state index in [2.05, 4.69) is 5.32 Å². The van der Waals surface area contributed by atoms with Crippen LogP contribution in [0.2, 0.25) is 0 Å². The molecule has 0 bridgehead atoms. The molecule has 0 fully saturated rings. The molecule has 5 nitrogen and oxygen atoms in total. The van der Waals surface area contributed by atoms with Gasteiger partial charge in [0.25, 0.3) is 0 Å². The molecular weight excluding hydrogens is 318 g/mol. The predicted molar refractivity (Wildman–Crippen MR) is 92.9 cm³/mol. The van der Waals surface area contributed by atoms with Crippen LogP contribution in [0.4, 0.5) is 0 Å². The van der Waals surface area contributed by atoms with Crippen molar-refractivity contribution in [2.75, 3.05) is 6.54 Å². The summed E-state index contributed by atoms with van der Waals surface area (Å²) < 4.78 is 10.5. The SMILES string of the molecule is CC[C@H](C(=O)NC[C@@](O)(c1ccoc1)c1ccco1)c1ccccc1. The molecule has 2 heterocycles. The summed E-state index contributed by atoms with van der Waals surface area (Å²) in [6, 6.07) is 14.6. The monoisotopic (exact) mass is 339 g/mol. The highest BCUT2D eigenvalue weighted by Crippen LogP contribution is 2.30. The summed E-state index contributed by atoms with van der Waals surface area (Å²) in [4.78, 5) is 12.7. The first-order valence-corrected chi connectivity index (χ1v) is 8.27. The molecule has 0 spiro atoms. The van der Waals surface area contributed by atoms with Gasteiger partial charge in [0.1, 0.15) is 5.76 Å². The Kier molecular flexibility index (Phi) is 5.05. The van der Waals surface area contributed by atoms with Crippen LogP contribution >= 0.6 is 0 Å². The smallest absolute Gasteiger partial charge is 0.227 e. The van der Waals surface area contributed by atoms with E-state index in [-0.39, 0.29) is 18.4 Å². The fourth-order valence-corrected chi connectivity index (χ4v) is 2.94. The summed E-state index contributed by atoms with van der Waals surface area (Å²) in [5, 5.41) is 14.0. The Morgan fingerprint density at radius 2 is 1.96 bits per heavy atom. The molecule has 0 radical (unpaired) electrons. The van der Waals surface area contributed by atoms with Crippen molar-refractivity contribution in [3.63, 3.8) is 0 Å². The molecule has 2 aromatic heterocycles. The molecule has 0 unspecified atom stereocenters. The topological polar surface area (TPSA) is 75.6 Å². The van der Waals surface area contributed by atoms with Crippen LogP contribution in [-0.4, -0.2) is 17.6 Å². The van der Waals surface area contributed by atoms with E-state index in [1.165, 1.54) is 18.8 Å². The summed E-state index contributed by atoms with van der Waals surface area (Å²) in [5.74, 6) is -0.0597. The number of nitrogens with one attached hydrogen (secondary N) is 1. The highest BCUT2D eigenvalue weighted by Gasteiger charge is 2.36. The van der Waals surface area contributed by atoms with Crippen molar-refractivity contribution in [3.8, 4) is 0 Å². The van der Waals surface area contributed by atoms with Gasteiger partial charge in [0.2, 0.25) is 5.91 Å². The second-order valence-corrected chi connectivity index (χ2v) is 5.94. The van der Waals surface area contributed by atoms with Crippen LogP contribution in [0, 0.1) is 0 Å². The third-order valence-corrected chi connectivity index (χ3v) is 4.37. The molecule has 1 aromatic carbocycles. The molecular formula is C20H21NO4. The third-order valence-electron chi connectivity index (χ3n) is 4.37. The minimum Gasteiger partial charge on any atom is -0.472 e. The number of aliphatic hydroxyl groups is 1. The Morgan fingerprint density at radius 3 is 2.56 bits per heavy atom. The van der Waals surface area contributed by atoms with Crippen molar-refractivity contribution in [2.45, 2.75) is 24.9 Å². The summed E-state index contributed by atoms with van der Waals surface area (Å²) in [6.45, 7) is 1.95.